The first-order chi connectivity index (χ1) is 8.70. The summed E-state index contributed by atoms with van der Waals surface area (Å²) in [5, 5.41) is 3.32. The zero-order chi connectivity index (χ0) is 13.0. The summed E-state index contributed by atoms with van der Waals surface area (Å²) in [7, 11) is 0. The first-order valence-corrected chi connectivity index (χ1v) is 6.54. The number of benzene rings is 2. The van der Waals surface area contributed by atoms with Crippen molar-refractivity contribution in [3.05, 3.63) is 46.9 Å². The van der Waals surface area contributed by atoms with Gasteiger partial charge in [-0.2, -0.15) is 0 Å². The van der Waals surface area contributed by atoms with Crippen LogP contribution >= 0.6 is 15.9 Å². The standard InChI is InChI=1S/C14H15BrN2O/c1-2-18-14-9-10(7-8-12(14)16)17-13-6-4-3-5-11(13)15/h3-9,17H,2,16H2,1H3. The van der Waals surface area contributed by atoms with E-state index in [0.29, 0.717) is 18.0 Å². The molecule has 0 heterocycles. The number of anilines is 3. The summed E-state index contributed by atoms with van der Waals surface area (Å²) in [6.07, 6.45) is 0. The molecular weight excluding hydrogens is 292 g/mol. The Bertz CT molecular complexity index is 543. The summed E-state index contributed by atoms with van der Waals surface area (Å²) in [5.74, 6) is 0.703. The zero-order valence-corrected chi connectivity index (χ0v) is 11.7. The fourth-order valence-corrected chi connectivity index (χ4v) is 1.99. The number of rotatable bonds is 4. The van der Waals surface area contributed by atoms with Crippen molar-refractivity contribution >= 4 is 33.0 Å². The van der Waals surface area contributed by atoms with Gasteiger partial charge in [0, 0.05) is 16.2 Å². The molecule has 0 bridgehead atoms. The van der Waals surface area contributed by atoms with Gasteiger partial charge in [-0.15, -0.1) is 0 Å². The Hall–Kier alpha value is -1.68. The highest BCUT2D eigenvalue weighted by atomic mass is 79.9. The molecule has 18 heavy (non-hydrogen) atoms. The second-order valence-electron chi connectivity index (χ2n) is 3.79. The third-order valence-electron chi connectivity index (χ3n) is 2.47. The third kappa shape index (κ3) is 2.96. The Kier molecular flexibility index (Phi) is 4.10. The molecule has 3 nitrogen and oxygen atoms in total. The number of hydrogen-bond donors (Lipinski definition) is 2. The van der Waals surface area contributed by atoms with Crippen LogP contribution in [0.15, 0.2) is 46.9 Å². The SMILES string of the molecule is CCOc1cc(Nc2ccccc2Br)ccc1N. The Balaban J connectivity index is 2.24. The average molecular weight is 307 g/mol. The number of halogens is 1. The van der Waals surface area contributed by atoms with Crippen molar-refractivity contribution in [3.8, 4) is 5.75 Å². The molecule has 0 radical (unpaired) electrons. The minimum Gasteiger partial charge on any atom is -0.492 e. The second kappa shape index (κ2) is 5.78. The van der Waals surface area contributed by atoms with Crippen LogP contribution in [-0.2, 0) is 0 Å². The van der Waals surface area contributed by atoms with Crippen LogP contribution < -0.4 is 15.8 Å². The van der Waals surface area contributed by atoms with Crippen molar-refractivity contribution in [3.63, 3.8) is 0 Å². The van der Waals surface area contributed by atoms with Gasteiger partial charge in [0.25, 0.3) is 0 Å². The Labute approximate surface area is 115 Å². The lowest BCUT2D eigenvalue weighted by Crippen LogP contribution is -1.98. The van der Waals surface area contributed by atoms with Crippen LogP contribution in [0.3, 0.4) is 0 Å². The summed E-state index contributed by atoms with van der Waals surface area (Å²) in [5.41, 5.74) is 8.43. The number of nitrogens with two attached hydrogens (primary N) is 1. The Morgan fingerprint density at radius 3 is 2.72 bits per heavy atom. The maximum Gasteiger partial charge on any atom is 0.144 e. The van der Waals surface area contributed by atoms with E-state index in [9.17, 15) is 0 Å². The van der Waals surface area contributed by atoms with Crippen molar-refractivity contribution < 1.29 is 4.74 Å². The molecular formula is C14H15BrN2O. The van der Waals surface area contributed by atoms with Crippen LogP contribution in [0, 0.1) is 0 Å². The molecule has 0 aliphatic heterocycles. The number of hydrogen-bond acceptors (Lipinski definition) is 3. The van der Waals surface area contributed by atoms with Crippen LogP contribution in [-0.4, -0.2) is 6.61 Å². The van der Waals surface area contributed by atoms with Gasteiger partial charge in [0.05, 0.1) is 18.0 Å². The molecule has 0 aromatic heterocycles. The van der Waals surface area contributed by atoms with E-state index >= 15 is 0 Å². The topological polar surface area (TPSA) is 47.3 Å². The summed E-state index contributed by atoms with van der Waals surface area (Å²) >= 11 is 3.50. The number of nitrogens with one attached hydrogen (secondary N) is 1. The van der Waals surface area contributed by atoms with Gasteiger partial charge in [0.15, 0.2) is 0 Å². The van der Waals surface area contributed by atoms with Crippen molar-refractivity contribution in [2.24, 2.45) is 0 Å². The van der Waals surface area contributed by atoms with E-state index in [0.717, 1.165) is 15.8 Å². The van der Waals surface area contributed by atoms with E-state index in [1.54, 1.807) is 0 Å². The molecule has 3 N–H and O–H groups in total. The fraction of sp³-hybridized carbons (Fsp3) is 0.143. The van der Waals surface area contributed by atoms with Gasteiger partial charge in [-0.3, -0.25) is 0 Å². The first kappa shape index (κ1) is 12.8. The zero-order valence-electron chi connectivity index (χ0n) is 10.1. The van der Waals surface area contributed by atoms with Crippen molar-refractivity contribution in [2.75, 3.05) is 17.7 Å². The Morgan fingerprint density at radius 2 is 2.00 bits per heavy atom. The van der Waals surface area contributed by atoms with Gasteiger partial charge in [-0.05, 0) is 47.1 Å². The van der Waals surface area contributed by atoms with E-state index in [2.05, 4.69) is 21.2 Å². The number of para-hydroxylation sites is 1. The van der Waals surface area contributed by atoms with Gasteiger partial charge >= 0.3 is 0 Å². The highest BCUT2D eigenvalue weighted by molar-refractivity contribution is 9.10. The minimum absolute atomic E-state index is 0.600. The summed E-state index contributed by atoms with van der Waals surface area (Å²) in [4.78, 5) is 0. The van der Waals surface area contributed by atoms with Crippen molar-refractivity contribution in [1.29, 1.82) is 0 Å². The summed E-state index contributed by atoms with van der Waals surface area (Å²) in [6.45, 7) is 2.54. The van der Waals surface area contributed by atoms with E-state index < -0.39 is 0 Å². The van der Waals surface area contributed by atoms with E-state index in [1.807, 2.05) is 49.4 Å². The maximum absolute atomic E-state index is 5.84. The first-order valence-electron chi connectivity index (χ1n) is 5.74. The van der Waals surface area contributed by atoms with E-state index in [1.165, 1.54) is 0 Å². The molecule has 0 atom stereocenters. The number of ether oxygens (including phenoxy) is 1. The smallest absolute Gasteiger partial charge is 0.144 e. The van der Waals surface area contributed by atoms with Gasteiger partial charge < -0.3 is 15.8 Å². The fourth-order valence-electron chi connectivity index (χ4n) is 1.61. The lowest BCUT2D eigenvalue weighted by Gasteiger charge is -2.12. The highest BCUT2D eigenvalue weighted by Gasteiger charge is 2.03. The van der Waals surface area contributed by atoms with Crippen LogP contribution in [0.4, 0.5) is 17.1 Å². The monoisotopic (exact) mass is 306 g/mol. The molecule has 0 spiro atoms. The molecule has 2 rings (SSSR count). The molecule has 94 valence electrons. The summed E-state index contributed by atoms with van der Waals surface area (Å²) in [6, 6.07) is 13.6. The van der Waals surface area contributed by atoms with Crippen LogP contribution in [0.5, 0.6) is 5.75 Å². The summed E-state index contributed by atoms with van der Waals surface area (Å²) < 4.78 is 6.48. The van der Waals surface area contributed by atoms with Gasteiger partial charge in [0.1, 0.15) is 5.75 Å². The van der Waals surface area contributed by atoms with Crippen molar-refractivity contribution in [2.45, 2.75) is 6.92 Å². The normalized spacial score (nSPS) is 10.1. The predicted octanol–water partition coefficient (Wildman–Crippen LogP) is 4.17. The maximum atomic E-state index is 5.84. The van der Waals surface area contributed by atoms with Crippen LogP contribution in [0.1, 0.15) is 6.92 Å². The van der Waals surface area contributed by atoms with E-state index in [4.69, 9.17) is 10.5 Å². The average Bonchev–Trinajstić information content (AvgIpc) is 2.36. The Morgan fingerprint density at radius 1 is 1.22 bits per heavy atom. The molecule has 2 aromatic carbocycles. The van der Waals surface area contributed by atoms with Gasteiger partial charge in [-0.1, -0.05) is 12.1 Å². The van der Waals surface area contributed by atoms with E-state index in [-0.39, 0.29) is 0 Å². The molecule has 0 unspecified atom stereocenters. The second-order valence-corrected chi connectivity index (χ2v) is 4.64. The third-order valence-corrected chi connectivity index (χ3v) is 3.16. The van der Waals surface area contributed by atoms with Crippen LogP contribution in [0.2, 0.25) is 0 Å². The van der Waals surface area contributed by atoms with Gasteiger partial charge in [0.2, 0.25) is 0 Å². The molecule has 4 heteroatoms. The minimum atomic E-state index is 0.600. The quantitative estimate of drug-likeness (QED) is 0.833. The van der Waals surface area contributed by atoms with Crippen LogP contribution in [0.25, 0.3) is 0 Å². The largest absolute Gasteiger partial charge is 0.492 e. The van der Waals surface area contributed by atoms with Gasteiger partial charge in [-0.25, -0.2) is 0 Å². The lowest BCUT2D eigenvalue weighted by atomic mass is 10.2. The van der Waals surface area contributed by atoms with Crippen molar-refractivity contribution in [1.82, 2.24) is 0 Å². The number of nitrogen functional groups attached to an aromatic ring is 1. The molecule has 2 aromatic rings. The molecule has 0 fully saturated rings. The molecule has 0 aliphatic rings. The molecule has 0 saturated carbocycles. The molecule has 0 saturated heterocycles. The molecule has 0 amide bonds. The highest BCUT2D eigenvalue weighted by Crippen LogP contribution is 2.30. The molecule has 0 aliphatic carbocycles. The lowest BCUT2D eigenvalue weighted by molar-refractivity contribution is 0.342. The predicted molar refractivity (Wildman–Crippen MR) is 79.4 cm³/mol.